The highest BCUT2D eigenvalue weighted by Crippen LogP contribution is 2.39. The van der Waals surface area contributed by atoms with Crippen LogP contribution in [0.4, 0.5) is 4.79 Å². The number of amides is 3. The average Bonchev–Trinajstić information content (AvgIpc) is 3.01. The largest absolute Gasteiger partial charge is 0.446 e. The Labute approximate surface area is 179 Å². The maximum absolute atomic E-state index is 13.0. The van der Waals surface area contributed by atoms with E-state index in [1.54, 1.807) is 0 Å². The van der Waals surface area contributed by atoms with E-state index in [4.69, 9.17) is 9.16 Å². The Morgan fingerprint density at radius 2 is 1.90 bits per heavy atom. The molecule has 1 aromatic carbocycles. The fraction of sp³-hybridized carbons (Fsp3) is 0.591. The third-order valence-corrected chi connectivity index (χ3v) is 11.2. The molecule has 2 unspecified atom stereocenters. The molecular weight excluding hydrogens is 400 g/mol. The van der Waals surface area contributed by atoms with Gasteiger partial charge >= 0.3 is 6.09 Å². The van der Waals surface area contributed by atoms with E-state index in [1.807, 2.05) is 37.3 Å². The van der Waals surface area contributed by atoms with E-state index in [0.29, 0.717) is 0 Å². The molecule has 2 aliphatic rings. The van der Waals surface area contributed by atoms with Gasteiger partial charge in [-0.3, -0.25) is 9.59 Å². The number of nitrogens with one attached hydrogen (secondary N) is 1. The highest BCUT2D eigenvalue weighted by molar-refractivity contribution is 6.74. The van der Waals surface area contributed by atoms with Gasteiger partial charge in [0.05, 0.1) is 18.1 Å². The Morgan fingerprint density at radius 3 is 2.47 bits per heavy atom. The Kier molecular flexibility index (Phi) is 6.11. The van der Waals surface area contributed by atoms with Crippen LogP contribution in [0, 0.1) is 5.92 Å². The van der Waals surface area contributed by atoms with Gasteiger partial charge in [0, 0.05) is 6.42 Å². The van der Waals surface area contributed by atoms with E-state index in [2.05, 4.69) is 39.2 Å². The van der Waals surface area contributed by atoms with Crippen LogP contribution in [0.15, 0.2) is 30.3 Å². The number of carbonyl (C=O) groups excluding carboxylic acids is 3. The number of ether oxygens (including phenoxy) is 1. The molecule has 3 amide bonds. The normalized spacial score (nSPS) is 25.4. The van der Waals surface area contributed by atoms with Crippen molar-refractivity contribution in [3.8, 4) is 0 Å². The Hall–Kier alpha value is -2.19. The van der Waals surface area contributed by atoms with Crippen LogP contribution in [0.5, 0.6) is 0 Å². The molecule has 0 bridgehead atoms. The molecule has 4 atom stereocenters. The van der Waals surface area contributed by atoms with Gasteiger partial charge in [0.2, 0.25) is 11.8 Å². The second-order valence-electron chi connectivity index (χ2n) is 9.70. The van der Waals surface area contributed by atoms with Gasteiger partial charge in [-0.05, 0) is 30.6 Å². The lowest BCUT2D eigenvalue weighted by molar-refractivity contribution is -0.143. The molecular formula is C22H32N2O5Si. The van der Waals surface area contributed by atoms with Crippen molar-refractivity contribution in [3.05, 3.63) is 35.9 Å². The van der Waals surface area contributed by atoms with Crippen molar-refractivity contribution in [1.29, 1.82) is 0 Å². The zero-order valence-corrected chi connectivity index (χ0v) is 19.6. The molecule has 2 heterocycles. The Morgan fingerprint density at radius 1 is 1.27 bits per heavy atom. The molecule has 7 nitrogen and oxygen atoms in total. The number of hydrogen-bond acceptors (Lipinski definition) is 5. The molecule has 3 rings (SSSR count). The van der Waals surface area contributed by atoms with E-state index in [0.717, 1.165) is 5.56 Å². The van der Waals surface area contributed by atoms with Crippen molar-refractivity contribution < 1.29 is 23.5 Å². The fourth-order valence-electron chi connectivity index (χ4n) is 3.79. The van der Waals surface area contributed by atoms with E-state index in [-0.39, 0.29) is 42.0 Å². The lowest BCUT2D eigenvalue weighted by atomic mass is 9.84. The van der Waals surface area contributed by atoms with Crippen molar-refractivity contribution in [2.45, 2.75) is 70.4 Å². The predicted molar refractivity (Wildman–Crippen MR) is 115 cm³/mol. The van der Waals surface area contributed by atoms with E-state index < -0.39 is 26.4 Å². The van der Waals surface area contributed by atoms with E-state index in [1.165, 1.54) is 4.90 Å². The summed E-state index contributed by atoms with van der Waals surface area (Å²) in [4.78, 5) is 38.7. The molecule has 1 N–H and O–H groups in total. The highest BCUT2D eigenvalue weighted by atomic mass is 28.4. The lowest BCUT2D eigenvalue weighted by Gasteiger charge is -2.45. The van der Waals surface area contributed by atoms with Crippen molar-refractivity contribution in [2.24, 2.45) is 5.92 Å². The summed E-state index contributed by atoms with van der Waals surface area (Å²) in [6.45, 7) is 12.8. The molecule has 8 heteroatoms. The number of β-lactam (4-membered cyclic amide) rings is 1. The number of imide groups is 1. The second kappa shape index (κ2) is 8.15. The molecule has 30 heavy (non-hydrogen) atoms. The fourth-order valence-corrected chi connectivity index (χ4v) is 5.22. The van der Waals surface area contributed by atoms with Crippen LogP contribution < -0.4 is 5.32 Å². The summed E-state index contributed by atoms with van der Waals surface area (Å²) < 4.78 is 11.5. The van der Waals surface area contributed by atoms with Gasteiger partial charge in [-0.1, -0.05) is 51.1 Å². The first-order chi connectivity index (χ1) is 13.9. The first-order valence-electron chi connectivity index (χ1n) is 10.4. The van der Waals surface area contributed by atoms with Crippen molar-refractivity contribution >= 4 is 26.2 Å². The molecule has 2 fully saturated rings. The van der Waals surface area contributed by atoms with Gasteiger partial charge in [0.15, 0.2) is 8.32 Å². The number of rotatable bonds is 6. The number of cyclic esters (lactones) is 1. The SMILES string of the molecule is CC(O[Si](C)(C)C(C)(C)C)C1C(=O)N[C@@H]1CC(=O)N1C(=O)OC[C@@H]1c1ccccc1. The molecule has 0 saturated carbocycles. The summed E-state index contributed by atoms with van der Waals surface area (Å²) in [6.07, 6.45) is -0.894. The van der Waals surface area contributed by atoms with Crippen LogP contribution in [0.3, 0.4) is 0 Å². The molecule has 2 saturated heterocycles. The van der Waals surface area contributed by atoms with Crippen LogP contribution in [0.2, 0.25) is 18.1 Å². The topological polar surface area (TPSA) is 84.9 Å². The zero-order chi connectivity index (χ0) is 22.3. The maximum Gasteiger partial charge on any atom is 0.417 e. The summed E-state index contributed by atoms with van der Waals surface area (Å²) in [5, 5.41) is 2.84. The third kappa shape index (κ3) is 4.30. The van der Waals surface area contributed by atoms with Crippen molar-refractivity contribution in [1.82, 2.24) is 10.2 Å². The van der Waals surface area contributed by atoms with Gasteiger partial charge in [-0.15, -0.1) is 0 Å². The number of nitrogens with zero attached hydrogens (tertiary/aromatic N) is 1. The molecule has 2 aliphatic heterocycles. The molecule has 0 aromatic heterocycles. The maximum atomic E-state index is 13.0. The zero-order valence-electron chi connectivity index (χ0n) is 18.6. The van der Waals surface area contributed by atoms with Crippen LogP contribution in [0.1, 0.15) is 45.7 Å². The minimum absolute atomic E-state index is 0.0228. The standard InChI is InChI=1S/C22H32N2O5Si/c1-14(29-30(5,6)22(2,3)4)19-16(23-20(19)26)12-18(25)24-17(13-28-21(24)27)15-10-8-7-9-11-15/h7-11,14,16-17,19H,12-13H2,1-6H3,(H,23,26)/t14?,16-,17-,19?/m1/s1. The third-order valence-electron chi connectivity index (χ3n) is 6.58. The van der Waals surface area contributed by atoms with Crippen molar-refractivity contribution in [3.63, 3.8) is 0 Å². The van der Waals surface area contributed by atoms with Crippen LogP contribution in [0.25, 0.3) is 0 Å². The van der Waals surface area contributed by atoms with E-state index >= 15 is 0 Å². The van der Waals surface area contributed by atoms with Gasteiger partial charge < -0.3 is 14.5 Å². The number of benzene rings is 1. The first kappa shape index (κ1) is 22.5. The summed E-state index contributed by atoms with van der Waals surface area (Å²) in [6, 6.07) is 8.55. The average molecular weight is 433 g/mol. The van der Waals surface area contributed by atoms with Crippen LogP contribution >= 0.6 is 0 Å². The molecule has 164 valence electrons. The van der Waals surface area contributed by atoms with Crippen LogP contribution in [-0.4, -0.2) is 49.9 Å². The molecule has 1 aromatic rings. The highest BCUT2D eigenvalue weighted by Gasteiger charge is 2.49. The van der Waals surface area contributed by atoms with Gasteiger partial charge in [-0.2, -0.15) is 0 Å². The quantitative estimate of drug-likeness (QED) is 0.548. The van der Waals surface area contributed by atoms with E-state index in [9.17, 15) is 14.4 Å². The summed E-state index contributed by atoms with van der Waals surface area (Å²) in [5.74, 6) is -0.861. The summed E-state index contributed by atoms with van der Waals surface area (Å²) in [7, 11) is -2.05. The Bertz CT molecular complexity index is 821. The lowest BCUT2D eigenvalue weighted by Crippen LogP contribution is -2.64. The van der Waals surface area contributed by atoms with Gasteiger partial charge in [0.25, 0.3) is 0 Å². The second-order valence-corrected chi connectivity index (χ2v) is 14.5. The summed E-state index contributed by atoms with van der Waals surface area (Å²) >= 11 is 0. The molecule has 0 spiro atoms. The van der Waals surface area contributed by atoms with Crippen LogP contribution in [-0.2, 0) is 18.8 Å². The number of carbonyl (C=O) groups is 3. The Balaban J connectivity index is 1.68. The minimum atomic E-state index is -2.05. The monoisotopic (exact) mass is 432 g/mol. The first-order valence-corrected chi connectivity index (χ1v) is 13.3. The van der Waals surface area contributed by atoms with Crippen molar-refractivity contribution in [2.75, 3.05) is 6.61 Å². The summed E-state index contributed by atoms with van der Waals surface area (Å²) in [5.41, 5.74) is 0.848. The van der Waals surface area contributed by atoms with Gasteiger partial charge in [0.1, 0.15) is 12.6 Å². The number of hydrogen-bond donors (Lipinski definition) is 1. The van der Waals surface area contributed by atoms with Gasteiger partial charge in [-0.25, -0.2) is 9.69 Å². The minimum Gasteiger partial charge on any atom is -0.446 e. The smallest absolute Gasteiger partial charge is 0.417 e. The molecule has 0 radical (unpaired) electrons. The molecule has 0 aliphatic carbocycles. The predicted octanol–water partition coefficient (Wildman–Crippen LogP) is 3.62.